The Kier molecular flexibility index (Phi) is 5.66. The Balaban J connectivity index is 2.54. The van der Waals surface area contributed by atoms with Gasteiger partial charge in [0.2, 0.25) is 5.91 Å². The molecule has 17 heavy (non-hydrogen) atoms. The van der Waals surface area contributed by atoms with Gasteiger partial charge in [-0.1, -0.05) is 0 Å². The molecule has 94 valence electrons. The number of thioether (sulfide) groups is 1. The minimum Gasteiger partial charge on any atom is -0.310 e. The van der Waals surface area contributed by atoms with Crippen LogP contribution >= 0.6 is 19.3 Å². The highest BCUT2D eigenvalue weighted by Gasteiger charge is 2.38. The number of rotatable bonds is 6. The third-order valence-corrected chi connectivity index (χ3v) is 4.84. The fourth-order valence-electron chi connectivity index (χ4n) is 1.42. The SMILES string of the molecule is CN[C@@H](CSC1CC(=O)N(P=S)C1=O)C(C)=O. The first-order valence-corrected chi connectivity index (χ1v) is 7.91. The maximum Gasteiger partial charge on any atom is 0.251 e. The second-order valence-corrected chi connectivity index (χ2v) is 5.89. The normalized spacial score (nSPS) is 22.2. The predicted molar refractivity (Wildman–Crippen MR) is 70.5 cm³/mol. The molecular weight excluding hydrogens is 279 g/mol. The van der Waals surface area contributed by atoms with Crippen LogP contribution in [0.3, 0.4) is 0 Å². The van der Waals surface area contributed by atoms with Gasteiger partial charge in [0.25, 0.3) is 5.91 Å². The Labute approximate surface area is 111 Å². The number of Topliss-reactive ketones (excluding diaryl/α,β-unsaturated/α-hetero) is 1. The molecule has 1 unspecified atom stereocenters. The lowest BCUT2D eigenvalue weighted by atomic mass is 10.2. The van der Waals surface area contributed by atoms with Gasteiger partial charge in [-0.2, -0.15) is 0 Å². The van der Waals surface area contributed by atoms with Crippen LogP contribution < -0.4 is 5.32 Å². The fourth-order valence-corrected chi connectivity index (χ4v) is 3.74. The van der Waals surface area contributed by atoms with Gasteiger partial charge in [-0.3, -0.25) is 14.4 Å². The summed E-state index contributed by atoms with van der Waals surface area (Å²) in [4.78, 5) is 34.3. The van der Waals surface area contributed by atoms with E-state index in [-0.39, 0.29) is 37.6 Å². The van der Waals surface area contributed by atoms with Gasteiger partial charge in [0.1, 0.15) is 13.3 Å². The van der Waals surface area contributed by atoms with E-state index in [1.807, 2.05) is 0 Å². The Morgan fingerprint density at radius 1 is 1.71 bits per heavy atom. The molecule has 2 amide bonds. The first kappa shape index (κ1) is 14.7. The summed E-state index contributed by atoms with van der Waals surface area (Å²) in [6.07, 6.45) is 0.182. The van der Waals surface area contributed by atoms with Gasteiger partial charge in [-0.25, -0.2) is 4.67 Å². The monoisotopic (exact) mass is 292 g/mol. The lowest BCUT2D eigenvalue weighted by Crippen LogP contribution is -2.35. The largest absolute Gasteiger partial charge is 0.310 e. The number of hydrogen-bond acceptors (Lipinski definition) is 6. The summed E-state index contributed by atoms with van der Waals surface area (Å²) in [6.45, 7) is 1.50. The van der Waals surface area contributed by atoms with Crippen LogP contribution in [0.4, 0.5) is 0 Å². The van der Waals surface area contributed by atoms with Crippen molar-refractivity contribution in [2.45, 2.75) is 24.6 Å². The molecule has 1 saturated heterocycles. The quantitative estimate of drug-likeness (QED) is 0.563. The predicted octanol–water partition coefficient (Wildman–Crippen LogP) is 0.347. The third kappa shape index (κ3) is 3.55. The molecule has 0 radical (unpaired) electrons. The van der Waals surface area contributed by atoms with E-state index in [4.69, 9.17) is 11.8 Å². The number of ketones is 1. The van der Waals surface area contributed by atoms with Crippen molar-refractivity contribution in [2.75, 3.05) is 12.8 Å². The van der Waals surface area contributed by atoms with E-state index in [2.05, 4.69) is 5.32 Å². The maximum absolute atomic E-state index is 11.7. The third-order valence-electron chi connectivity index (χ3n) is 2.47. The molecular formula is C9H13N2O3PS2. The molecule has 2 atom stereocenters. The molecule has 0 aromatic rings. The van der Waals surface area contributed by atoms with Crippen molar-refractivity contribution in [1.82, 2.24) is 9.99 Å². The molecule has 1 aliphatic rings. The topological polar surface area (TPSA) is 66.5 Å². The molecule has 0 aromatic carbocycles. The first-order chi connectivity index (χ1) is 8.01. The number of nitrogens with one attached hydrogen (secondary N) is 1. The fraction of sp³-hybridized carbons (Fsp3) is 0.667. The average Bonchev–Trinajstić information content (AvgIpc) is 2.54. The molecule has 0 spiro atoms. The molecule has 0 saturated carbocycles. The highest BCUT2D eigenvalue weighted by Crippen LogP contribution is 2.29. The van der Waals surface area contributed by atoms with E-state index < -0.39 is 5.25 Å². The Bertz CT molecular complexity index is 364. The highest BCUT2D eigenvalue weighted by atomic mass is 32.4. The summed E-state index contributed by atoms with van der Waals surface area (Å²) < 4.78 is 1.06. The molecule has 0 bridgehead atoms. The van der Waals surface area contributed by atoms with E-state index in [1.54, 1.807) is 7.05 Å². The van der Waals surface area contributed by atoms with Crippen molar-refractivity contribution in [1.29, 1.82) is 0 Å². The highest BCUT2D eigenvalue weighted by molar-refractivity contribution is 8.01. The molecule has 0 aromatic heterocycles. The Hall–Kier alpha value is -0.360. The average molecular weight is 292 g/mol. The van der Waals surface area contributed by atoms with E-state index in [1.165, 1.54) is 18.7 Å². The lowest BCUT2D eigenvalue weighted by Gasteiger charge is -2.14. The molecule has 0 aliphatic carbocycles. The van der Waals surface area contributed by atoms with Gasteiger partial charge in [-0.05, 0) is 25.8 Å². The van der Waals surface area contributed by atoms with Crippen molar-refractivity contribution in [2.24, 2.45) is 0 Å². The molecule has 8 heteroatoms. The molecule has 5 nitrogen and oxygen atoms in total. The van der Waals surface area contributed by atoms with E-state index in [9.17, 15) is 14.4 Å². The van der Waals surface area contributed by atoms with Crippen molar-refractivity contribution in [3.8, 4) is 0 Å². The maximum atomic E-state index is 11.7. The zero-order chi connectivity index (χ0) is 13.0. The first-order valence-electron chi connectivity index (χ1n) is 5.00. The summed E-state index contributed by atoms with van der Waals surface area (Å²) in [5.74, 6) is 0.0376. The van der Waals surface area contributed by atoms with Crippen molar-refractivity contribution in [3.05, 3.63) is 0 Å². The summed E-state index contributed by atoms with van der Waals surface area (Å²) in [5, 5.41) is 2.48. The number of amides is 2. The minimum absolute atomic E-state index is 0.0232. The minimum atomic E-state index is -0.395. The van der Waals surface area contributed by atoms with Crippen LogP contribution in [0.5, 0.6) is 0 Å². The van der Waals surface area contributed by atoms with Crippen LogP contribution in [0.2, 0.25) is 0 Å². The number of carbonyl (C=O) groups is 3. The summed E-state index contributed by atoms with van der Waals surface area (Å²) in [5.41, 5.74) is 0. The van der Waals surface area contributed by atoms with Crippen molar-refractivity contribution >= 4 is 48.7 Å². The number of likely N-dealkylation sites (N-methyl/N-ethyl adjacent to an activating group) is 1. The lowest BCUT2D eigenvalue weighted by molar-refractivity contribution is -0.131. The summed E-state index contributed by atoms with van der Waals surface area (Å²) >= 11 is 6.03. The van der Waals surface area contributed by atoms with Gasteiger partial charge >= 0.3 is 0 Å². The zero-order valence-corrected chi connectivity index (χ0v) is 12.0. The van der Waals surface area contributed by atoms with E-state index in [0.29, 0.717) is 5.75 Å². The van der Waals surface area contributed by atoms with Crippen molar-refractivity contribution < 1.29 is 14.4 Å². The van der Waals surface area contributed by atoms with Gasteiger partial charge in [-0.15, -0.1) is 11.8 Å². The Morgan fingerprint density at radius 2 is 2.35 bits per heavy atom. The van der Waals surface area contributed by atoms with Gasteiger partial charge in [0.15, 0.2) is 0 Å². The van der Waals surface area contributed by atoms with E-state index in [0.717, 1.165) is 4.67 Å². The second kappa shape index (κ2) is 6.54. The van der Waals surface area contributed by atoms with Crippen LogP contribution in [0, 0.1) is 0 Å². The van der Waals surface area contributed by atoms with Crippen LogP contribution in [0.15, 0.2) is 0 Å². The second-order valence-electron chi connectivity index (χ2n) is 3.60. The molecule has 1 heterocycles. The van der Waals surface area contributed by atoms with Crippen molar-refractivity contribution in [3.63, 3.8) is 0 Å². The van der Waals surface area contributed by atoms with Gasteiger partial charge < -0.3 is 5.32 Å². The Morgan fingerprint density at radius 3 is 2.76 bits per heavy atom. The van der Waals surface area contributed by atoms with Gasteiger partial charge in [0, 0.05) is 12.2 Å². The van der Waals surface area contributed by atoms with Crippen LogP contribution in [-0.4, -0.2) is 46.4 Å². The van der Waals surface area contributed by atoms with Gasteiger partial charge in [0.05, 0.1) is 11.3 Å². The number of carbonyl (C=O) groups excluding carboxylic acids is 3. The number of nitrogens with zero attached hydrogens (tertiary/aromatic N) is 1. The van der Waals surface area contributed by atoms with Crippen LogP contribution in [-0.2, 0) is 26.2 Å². The number of imide groups is 1. The van der Waals surface area contributed by atoms with Crippen LogP contribution in [0.25, 0.3) is 0 Å². The number of hydrogen-bond donors (Lipinski definition) is 1. The smallest absolute Gasteiger partial charge is 0.251 e. The molecule has 1 N–H and O–H groups in total. The van der Waals surface area contributed by atoms with Crippen LogP contribution in [0.1, 0.15) is 13.3 Å². The molecule has 1 fully saturated rings. The molecule has 1 aliphatic heterocycles. The van der Waals surface area contributed by atoms with E-state index >= 15 is 0 Å². The molecule has 1 rings (SSSR count). The summed E-state index contributed by atoms with van der Waals surface area (Å²) in [6, 6.07) is -0.280. The zero-order valence-electron chi connectivity index (χ0n) is 9.50. The summed E-state index contributed by atoms with van der Waals surface area (Å²) in [7, 11) is 1.94. The standard InChI is InChI=1S/C9H13N2O3PS2/c1-5(12)6(10-2)4-17-7-3-8(13)11(15-16)9(7)14/h6-7,10H,3-4H2,1-2H3/t6-,7?/m0/s1.